The van der Waals surface area contributed by atoms with Crippen LogP contribution in [0.4, 0.5) is 0 Å². The van der Waals surface area contributed by atoms with Gasteiger partial charge >= 0.3 is 5.97 Å². The molecule has 0 fully saturated rings. The number of hydrogen-bond donors (Lipinski definition) is 1. The Morgan fingerprint density at radius 2 is 2.32 bits per heavy atom. The molecule has 1 N–H and O–H groups in total. The summed E-state index contributed by atoms with van der Waals surface area (Å²) in [6, 6.07) is 1.82. The molecule has 19 heavy (non-hydrogen) atoms. The molecule has 0 amide bonds. The molecule has 102 valence electrons. The monoisotopic (exact) mass is 282 g/mol. The maximum absolute atomic E-state index is 11.1. The fourth-order valence-electron chi connectivity index (χ4n) is 1.47. The number of aromatic nitrogens is 4. The summed E-state index contributed by atoms with van der Waals surface area (Å²) in [4.78, 5) is 12.0. The highest BCUT2D eigenvalue weighted by molar-refractivity contribution is 7.13. The van der Waals surface area contributed by atoms with E-state index in [1.165, 1.54) is 16.0 Å². The number of rotatable bonds is 5. The summed E-state index contributed by atoms with van der Waals surface area (Å²) in [6.45, 7) is 3.47. The van der Waals surface area contributed by atoms with Gasteiger partial charge in [-0.2, -0.15) is 0 Å². The van der Waals surface area contributed by atoms with Crippen molar-refractivity contribution in [3.05, 3.63) is 11.4 Å². The van der Waals surface area contributed by atoms with Crippen molar-refractivity contribution < 1.29 is 14.6 Å². The highest BCUT2D eigenvalue weighted by Gasteiger charge is 2.29. The van der Waals surface area contributed by atoms with Crippen molar-refractivity contribution in [2.24, 2.45) is 5.41 Å². The summed E-state index contributed by atoms with van der Waals surface area (Å²) < 4.78 is 6.61. The number of hydrogen-bond acceptors (Lipinski definition) is 6. The molecule has 8 heteroatoms. The first-order chi connectivity index (χ1) is 8.94. The number of tetrazole rings is 1. The predicted octanol–water partition coefficient (Wildman–Crippen LogP) is 1.52. The molecule has 0 saturated heterocycles. The molecule has 0 radical (unpaired) electrons. The van der Waals surface area contributed by atoms with Gasteiger partial charge in [-0.25, -0.2) is 4.68 Å². The lowest BCUT2D eigenvalue weighted by Gasteiger charge is -2.18. The van der Waals surface area contributed by atoms with E-state index in [0.717, 1.165) is 10.6 Å². The first kappa shape index (κ1) is 13.5. The highest BCUT2D eigenvalue weighted by Crippen LogP contribution is 2.30. The number of nitrogens with zero attached hydrogens (tertiary/aromatic N) is 4. The van der Waals surface area contributed by atoms with Gasteiger partial charge in [0.1, 0.15) is 5.75 Å². The summed E-state index contributed by atoms with van der Waals surface area (Å²) in [5, 5.41) is 22.4. The van der Waals surface area contributed by atoms with Crippen molar-refractivity contribution in [3.8, 4) is 16.5 Å². The predicted molar refractivity (Wildman–Crippen MR) is 69.1 cm³/mol. The van der Waals surface area contributed by atoms with E-state index >= 15 is 0 Å². The van der Waals surface area contributed by atoms with Gasteiger partial charge in [0.2, 0.25) is 0 Å². The van der Waals surface area contributed by atoms with Crippen LogP contribution >= 0.6 is 11.3 Å². The minimum Gasteiger partial charge on any atom is -0.496 e. The van der Waals surface area contributed by atoms with Gasteiger partial charge in [-0.15, -0.1) is 16.4 Å². The quantitative estimate of drug-likeness (QED) is 0.894. The Labute approximate surface area is 113 Å². The third-order valence-electron chi connectivity index (χ3n) is 2.69. The summed E-state index contributed by atoms with van der Waals surface area (Å²) >= 11 is 1.44. The molecule has 0 aliphatic heterocycles. The Balaban J connectivity index is 2.30. The molecule has 0 saturated carbocycles. The molecule has 7 nitrogen and oxygen atoms in total. The second kappa shape index (κ2) is 4.96. The van der Waals surface area contributed by atoms with Gasteiger partial charge in [-0.1, -0.05) is 0 Å². The lowest BCUT2D eigenvalue weighted by molar-refractivity contribution is -0.147. The summed E-state index contributed by atoms with van der Waals surface area (Å²) in [5.74, 6) is 0.382. The van der Waals surface area contributed by atoms with Gasteiger partial charge in [0.15, 0.2) is 5.82 Å². The zero-order valence-corrected chi connectivity index (χ0v) is 11.6. The van der Waals surface area contributed by atoms with Crippen molar-refractivity contribution in [2.45, 2.75) is 20.4 Å². The van der Waals surface area contributed by atoms with Crippen LogP contribution in [0.5, 0.6) is 5.75 Å². The Morgan fingerprint density at radius 1 is 1.58 bits per heavy atom. The Morgan fingerprint density at radius 3 is 2.89 bits per heavy atom. The number of carboxylic acids is 1. The minimum absolute atomic E-state index is 0.199. The van der Waals surface area contributed by atoms with Crippen LogP contribution in [0, 0.1) is 5.41 Å². The fourth-order valence-corrected chi connectivity index (χ4v) is 2.32. The van der Waals surface area contributed by atoms with Crippen LogP contribution in [0.2, 0.25) is 0 Å². The number of methoxy groups -OCH3 is 1. The molecular weight excluding hydrogens is 268 g/mol. The Bertz CT molecular complexity index is 590. The SMILES string of the molecule is COc1csc(-c2nnnn2CC(C)(C)C(=O)O)c1. The maximum atomic E-state index is 11.1. The van der Waals surface area contributed by atoms with Crippen molar-refractivity contribution in [1.29, 1.82) is 0 Å². The Hall–Kier alpha value is -1.96. The molecule has 0 spiro atoms. The Kier molecular flexibility index (Phi) is 3.52. The number of ether oxygens (including phenoxy) is 1. The molecule has 0 aliphatic rings. The van der Waals surface area contributed by atoms with Crippen LogP contribution in [0.3, 0.4) is 0 Å². The van der Waals surface area contributed by atoms with Crippen LogP contribution in [0.1, 0.15) is 13.8 Å². The first-order valence-electron chi connectivity index (χ1n) is 5.56. The van der Waals surface area contributed by atoms with E-state index < -0.39 is 11.4 Å². The first-order valence-corrected chi connectivity index (χ1v) is 6.44. The lowest BCUT2D eigenvalue weighted by Crippen LogP contribution is -2.30. The number of carboxylic acid groups (broad SMARTS) is 1. The molecule has 2 heterocycles. The van der Waals surface area contributed by atoms with Crippen molar-refractivity contribution in [3.63, 3.8) is 0 Å². The van der Waals surface area contributed by atoms with E-state index in [0.29, 0.717) is 5.82 Å². The second-order valence-corrected chi connectivity index (χ2v) is 5.61. The van der Waals surface area contributed by atoms with Crippen LogP contribution in [0.15, 0.2) is 11.4 Å². The van der Waals surface area contributed by atoms with E-state index in [2.05, 4.69) is 15.5 Å². The summed E-state index contributed by atoms with van der Waals surface area (Å²) in [5.41, 5.74) is -0.939. The van der Waals surface area contributed by atoms with Gasteiger partial charge in [0, 0.05) is 11.4 Å². The normalized spacial score (nSPS) is 11.5. The fraction of sp³-hybridized carbons (Fsp3) is 0.455. The van der Waals surface area contributed by atoms with Crippen LogP contribution in [-0.4, -0.2) is 38.4 Å². The third-order valence-corrected chi connectivity index (χ3v) is 3.59. The molecule has 2 aromatic heterocycles. The van der Waals surface area contributed by atoms with E-state index in [1.54, 1.807) is 21.0 Å². The third kappa shape index (κ3) is 2.73. The van der Waals surface area contributed by atoms with Gasteiger partial charge in [0.05, 0.1) is 23.9 Å². The van der Waals surface area contributed by atoms with Crippen molar-refractivity contribution >= 4 is 17.3 Å². The largest absolute Gasteiger partial charge is 0.496 e. The standard InChI is InChI=1S/C11H14N4O3S/c1-11(2,10(16)17)6-15-9(12-13-14-15)8-4-7(18-3)5-19-8/h4-5H,6H2,1-3H3,(H,16,17). The van der Waals surface area contributed by atoms with E-state index in [1.807, 2.05) is 11.4 Å². The molecule has 0 aromatic carbocycles. The van der Waals surface area contributed by atoms with Crippen LogP contribution in [-0.2, 0) is 11.3 Å². The molecule has 2 aromatic rings. The lowest BCUT2D eigenvalue weighted by atomic mass is 9.94. The van der Waals surface area contributed by atoms with E-state index in [9.17, 15) is 4.79 Å². The zero-order valence-electron chi connectivity index (χ0n) is 10.8. The molecule has 0 bridgehead atoms. The highest BCUT2D eigenvalue weighted by atomic mass is 32.1. The van der Waals surface area contributed by atoms with E-state index in [-0.39, 0.29) is 6.54 Å². The van der Waals surface area contributed by atoms with Gasteiger partial charge in [-0.3, -0.25) is 4.79 Å². The second-order valence-electron chi connectivity index (χ2n) is 4.70. The summed E-state index contributed by atoms with van der Waals surface area (Å²) in [6.07, 6.45) is 0. The van der Waals surface area contributed by atoms with E-state index in [4.69, 9.17) is 9.84 Å². The van der Waals surface area contributed by atoms with Gasteiger partial charge < -0.3 is 9.84 Å². The van der Waals surface area contributed by atoms with Crippen molar-refractivity contribution in [1.82, 2.24) is 20.2 Å². The molecule has 0 aliphatic carbocycles. The smallest absolute Gasteiger partial charge is 0.310 e. The van der Waals surface area contributed by atoms with Crippen LogP contribution in [0.25, 0.3) is 10.7 Å². The van der Waals surface area contributed by atoms with Crippen molar-refractivity contribution in [2.75, 3.05) is 7.11 Å². The van der Waals surface area contributed by atoms with Crippen LogP contribution < -0.4 is 4.74 Å². The topological polar surface area (TPSA) is 90.1 Å². The number of carbonyl (C=O) groups is 1. The molecule has 0 atom stereocenters. The molecule has 2 rings (SSSR count). The number of thiophene rings is 1. The zero-order chi connectivity index (χ0) is 14.0. The molecular formula is C11H14N4O3S. The average molecular weight is 282 g/mol. The maximum Gasteiger partial charge on any atom is 0.310 e. The van der Waals surface area contributed by atoms with Gasteiger partial charge in [0.25, 0.3) is 0 Å². The molecule has 0 unspecified atom stereocenters. The minimum atomic E-state index is -0.939. The number of aliphatic carboxylic acids is 1. The van der Waals surface area contributed by atoms with Gasteiger partial charge in [-0.05, 0) is 24.3 Å². The average Bonchev–Trinajstić information content (AvgIpc) is 2.95. The summed E-state index contributed by atoms with van der Waals surface area (Å²) in [7, 11) is 1.59.